The molecule has 0 radical (unpaired) electrons. The zero-order chi connectivity index (χ0) is 17.5. The maximum absolute atomic E-state index is 5.26. The first kappa shape index (κ1) is 17.2. The van der Waals surface area contributed by atoms with Gasteiger partial charge in [0.1, 0.15) is 5.75 Å². The Bertz CT molecular complexity index is 779. The Labute approximate surface area is 148 Å². The van der Waals surface area contributed by atoms with Crippen LogP contribution in [0.2, 0.25) is 0 Å². The first-order valence-corrected chi connectivity index (χ1v) is 8.54. The highest BCUT2D eigenvalue weighted by Gasteiger charge is 2.07. The highest BCUT2D eigenvalue weighted by Crippen LogP contribution is 2.18. The number of aromatic nitrogens is 2. The molecule has 1 heterocycles. The molecule has 0 spiro atoms. The Balaban J connectivity index is 1.46. The highest BCUT2D eigenvalue weighted by atomic mass is 16.5. The third-order valence-electron chi connectivity index (χ3n) is 4.06. The summed E-state index contributed by atoms with van der Waals surface area (Å²) in [5.41, 5.74) is 3.49. The van der Waals surface area contributed by atoms with Crippen molar-refractivity contribution in [3.8, 4) is 17.2 Å². The van der Waals surface area contributed by atoms with Gasteiger partial charge in [0.25, 0.3) is 5.89 Å². The molecule has 0 atom stereocenters. The van der Waals surface area contributed by atoms with E-state index in [0.717, 1.165) is 43.1 Å². The predicted molar refractivity (Wildman–Crippen MR) is 97.5 cm³/mol. The fourth-order valence-electron chi connectivity index (χ4n) is 2.54. The van der Waals surface area contributed by atoms with E-state index in [1.807, 2.05) is 31.2 Å². The third-order valence-corrected chi connectivity index (χ3v) is 4.06. The lowest BCUT2D eigenvalue weighted by molar-refractivity contribution is 0.414. The summed E-state index contributed by atoms with van der Waals surface area (Å²) in [7, 11) is 1.68. The molecule has 0 aliphatic rings. The van der Waals surface area contributed by atoms with Crippen molar-refractivity contribution >= 4 is 0 Å². The summed E-state index contributed by atoms with van der Waals surface area (Å²) < 4.78 is 10.4. The molecule has 0 saturated heterocycles. The Morgan fingerprint density at radius 1 is 1.00 bits per heavy atom. The Morgan fingerprint density at radius 2 is 1.72 bits per heavy atom. The van der Waals surface area contributed by atoms with Crippen LogP contribution in [0.5, 0.6) is 5.75 Å². The number of ether oxygens (including phenoxy) is 1. The lowest BCUT2D eigenvalue weighted by atomic mass is 10.1. The molecule has 25 heavy (non-hydrogen) atoms. The molecule has 0 saturated carbocycles. The van der Waals surface area contributed by atoms with Gasteiger partial charge in [0.15, 0.2) is 5.82 Å². The van der Waals surface area contributed by atoms with E-state index in [9.17, 15) is 0 Å². The summed E-state index contributed by atoms with van der Waals surface area (Å²) in [4.78, 5) is 4.35. The summed E-state index contributed by atoms with van der Waals surface area (Å²) in [5, 5.41) is 7.39. The molecule has 0 fully saturated rings. The first-order valence-electron chi connectivity index (χ1n) is 8.54. The number of nitrogens with one attached hydrogen (secondary N) is 1. The van der Waals surface area contributed by atoms with E-state index in [1.54, 1.807) is 7.11 Å². The molecule has 0 unspecified atom stereocenters. The van der Waals surface area contributed by atoms with Gasteiger partial charge >= 0.3 is 0 Å². The molecule has 0 bridgehead atoms. The third kappa shape index (κ3) is 4.67. The fraction of sp³-hybridized carbons (Fsp3) is 0.300. The van der Waals surface area contributed by atoms with Crippen molar-refractivity contribution in [1.29, 1.82) is 0 Å². The molecular weight excluding hydrogens is 314 g/mol. The first-order chi connectivity index (χ1) is 12.3. The monoisotopic (exact) mass is 337 g/mol. The van der Waals surface area contributed by atoms with Crippen molar-refractivity contribution < 1.29 is 9.26 Å². The lowest BCUT2D eigenvalue weighted by Crippen LogP contribution is -2.16. The van der Waals surface area contributed by atoms with E-state index < -0.39 is 0 Å². The minimum absolute atomic E-state index is 0.584. The molecule has 0 aliphatic heterocycles. The second kappa shape index (κ2) is 8.44. The number of nitrogens with zero attached hydrogens (tertiary/aromatic N) is 2. The SMILES string of the molecule is CCc1noc(-c2ccc(CCNCc3ccc(OC)cc3)cc2)n1. The van der Waals surface area contributed by atoms with Gasteiger partial charge in [-0.15, -0.1) is 0 Å². The van der Waals surface area contributed by atoms with Crippen LogP contribution in [0.4, 0.5) is 0 Å². The molecule has 1 aromatic heterocycles. The van der Waals surface area contributed by atoms with Crippen molar-refractivity contribution in [3.63, 3.8) is 0 Å². The lowest BCUT2D eigenvalue weighted by Gasteiger charge is -2.06. The predicted octanol–water partition coefficient (Wildman–Crippen LogP) is 3.64. The second-order valence-corrected chi connectivity index (χ2v) is 5.84. The largest absolute Gasteiger partial charge is 0.497 e. The van der Waals surface area contributed by atoms with E-state index in [4.69, 9.17) is 9.26 Å². The quantitative estimate of drug-likeness (QED) is 0.636. The Morgan fingerprint density at radius 3 is 2.36 bits per heavy atom. The zero-order valence-corrected chi connectivity index (χ0v) is 14.7. The molecule has 0 aliphatic carbocycles. The topological polar surface area (TPSA) is 60.2 Å². The van der Waals surface area contributed by atoms with Gasteiger partial charge in [-0.1, -0.05) is 36.3 Å². The van der Waals surface area contributed by atoms with E-state index in [2.05, 4.69) is 39.7 Å². The number of methoxy groups -OCH3 is 1. The number of benzene rings is 2. The van der Waals surface area contributed by atoms with Crippen LogP contribution in [0.25, 0.3) is 11.5 Å². The van der Waals surface area contributed by atoms with Crippen LogP contribution >= 0.6 is 0 Å². The highest BCUT2D eigenvalue weighted by molar-refractivity contribution is 5.53. The van der Waals surface area contributed by atoms with E-state index in [0.29, 0.717) is 5.89 Å². The average Bonchev–Trinajstić information content (AvgIpc) is 3.15. The summed E-state index contributed by atoms with van der Waals surface area (Å²) in [6.45, 7) is 3.78. The van der Waals surface area contributed by atoms with Crippen LogP contribution in [0, 0.1) is 0 Å². The van der Waals surface area contributed by atoms with Crippen molar-refractivity contribution in [2.24, 2.45) is 0 Å². The van der Waals surface area contributed by atoms with Crippen LogP contribution in [0.3, 0.4) is 0 Å². The van der Waals surface area contributed by atoms with Crippen molar-refractivity contribution in [2.45, 2.75) is 26.3 Å². The van der Waals surface area contributed by atoms with Crippen LogP contribution in [0.1, 0.15) is 23.9 Å². The van der Waals surface area contributed by atoms with E-state index >= 15 is 0 Å². The van der Waals surface area contributed by atoms with Gasteiger partial charge in [-0.05, 0) is 48.4 Å². The van der Waals surface area contributed by atoms with Crippen LogP contribution in [0.15, 0.2) is 53.1 Å². The van der Waals surface area contributed by atoms with Crippen molar-refractivity contribution in [1.82, 2.24) is 15.5 Å². The maximum atomic E-state index is 5.26. The average molecular weight is 337 g/mol. The minimum Gasteiger partial charge on any atom is -0.497 e. The van der Waals surface area contributed by atoms with E-state index in [1.165, 1.54) is 11.1 Å². The zero-order valence-electron chi connectivity index (χ0n) is 14.7. The second-order valence-electron chi connectivity index (χ2n) is 5.84. The maximum Gasteiger partial charge on any atom is 0.257 e. The Hall–Kier alpha value is -2.66. The van der Waals surface area contributed by atoms with Gasteiger partial charge in [0.2, 0.25) is 0 Å². The summed E-state index contributed by atoms with van der Waals surface area (Å²) in [5.74, 6) is 2.21. The van der Waals surface area contributed by atoms with Crippen LogP contribution in [-0.2, 0) is 19.4 Å². The molecule has 1 N–H and O–H groups in total. The van der Waals surface area contributed by atoms with Gasteiger partial charge in [-0.3, -0.25) is 0 Å². The summed E-state index contributed by atoms with van der Waals surface area (Å²) in [6, 6.07) is 16.4. The number of rotatable bonds is 8. The number of aryl methyl sites for hydroxylation is 1. The summed E-state index contributed by atoms with van der Waals surface area (Å²) in [6.07, 6.45) is 1.75. The van der Waals surface area contributed by atoms with Gasteiger partial charge in [0.05, 0.1) is 7.11 Å². The number of hydrogen-bond donors (Lipinski definition) is 1. The molecule has 130 valence electrons. The fourth-order valence-corrected chi connectivity index (χ4v) is 2.54. The molecule has 3 rings (SSSR count). The van der Waals surface area contributed by atoms with Gasteiger partial charge in [-0.25, -0.2) is 0 Å². The molecular formula is C20H23N3O2. The molecule has 5 heteroatoms. The Kier molecular flexibility index (Phi) is 5.80. The van der Waals surface area contributed by atoms with E-state index in [-0.39, 0.29) is 0 Å². The standard InChI is InChI=1S/C20H23N3O2/c1-3-19-22-20(25-23-19)17-8-4-15(5-9-17)12-13-21-14-16-6-10-18(24-2)11-7-16/h4-11,21H,3,12-14H2,1-2H3. The van der Waals surface area contributed by atoms with Crippen molar-refractivity contribution in [2.75, 3.05) is 13.7 Å². The van der Waals surface area contributed by atoms with Crippen molar-refractivity contribution in [3.05, 3.63) is 65.5 Å². The molecule has 2 aromatic carbocycles. The molecule has 0 amide bonds. The number of hydrogen-bond acceptors (Lipinski definition) is 5. The van der Waals surface area contributed by atoms with Crippen LogP contribution in [-0.4, -0.2) is 23.8 Å². The van der Waals surface area contributed by atoms with Gasteiger partial charge in [-0.2, -0.15) is 4.98 Å². The molecule has 3 aromatic rings. The minimum atomic E-state index is 0.584. The molecule has 5 nitrogen and oxygen atoms in total. The van der Waals surface area contributed by atoms with Gasteiger partial charge in [0, 0.05) is 18.5 Å². The van der Waals surface area contributed by atoms with Gasteiger partial charge < -0.3 is 14.6 Å². The summed E-state index contributed by atoms with van der Waals surface area (Å²) >= 11 is 0. The smallest absolute Gasteiger partial charge is 0.257 e. The normalized spacial score (nSPS) is 10.8. The van der Waals surface area contributed by atoms with Crippen LogP contribution < -0.4 is 10.1 Å².